The Morgan fingerprint density at radius 2 is 1.90 bits per heavy atom. The second-order valence-corrected chi connectivity index (χ2v) is 7.19. The van der Waals surface area contributed by atoms with Crippen molar-refractivity contribution in [3.8, 4) is 5.75 Å². The van der Waals surface area contributed by atoms with Gasteiger partial charge in [-0.15, -0.1) is 0 Å². The molecule has 9 heteroatoms. The van der Waals surface area contributed by atoms with Crippen LogP contribution in [0.15, 0.2) is 36.4 Å². The second kappa shape index (κ2) is 9.09. The molecular weight excluding hydrogens is 404 g/mol. The van der Waals surface area contributed by atoms with Gasteiger partial charge in [-0.2, -0.15) is 0 Å². The number of benzene rings is 2. The number of halogens is 3. The number of carbonyl (C=O) groups excluding carboxylic acids is 2. The summed E-state index contributed by atoms with van der Waals surface area (Å²) in [4.78, 5) is 24.2. The van der Waals surface area contributed by atoms with E-state index in [1.54, 1.807) is 24.3 Å². The molecule has 0 aliphatic carbocycles. The number of methoxy groups -OCH3 is 1. The maximum atomic E-state index is 14.3. The standard InChI is InChI=1S/C20H20ClF2N3O3/c1-29-14-8-16(22)15(17(23)9-14)6-11-7-19(27)24-10-18(11)26-20(28)25-13-4-2-12(21)3-5-13/h2-5,8-9,11,18H,6-7,10H2,1H3,(H,24,27)(H2,25,26,28). The van der Waals surface area contributed by atoms with Gasteiger partial charge in [-0.05, 0) is 36.6 Å². The Bertz CT molecular complexity index is 885. The van der Waals surface area contributed by atoms with Crippen LogP contribution >= 0.6 is 11.6 Å². The summed E-state index contributed by atoms with van der Waals surface area (Å²) in [6.07, 6.45) is -0.00221. The highest BCUT2D eigenvalue weighted by Crippen LogP contribution is 2.26. The minimum atomic E-state index is -0.753. The predicted molar refractivity (Wildman–Crippen MR) is 105 cm³/mol. The lowest BCUT2D eigenvalue weighted by Gasteiger charge is -2.32. The molecule has 1 aliphatic heterocycles. The van der Waals surface area contributed by atoms with E-state index in [9.17, 15) is 18.4 Å². The van der Waals surface area contributed by atoms with Crippen molar-refractivity contribution in [1.82, 2.24) is 10.6 Å². The van der Waals surface area contributed by atoms with E-state index in [2.05, 4.69) is 16.0 Å². The van der Waals surface area contributed by atoms with Crippen LogP contribution in [0.2, 0.25) is 5.02 Å². The number of piperidine rings is 1. The minimum absolute atomic E-state index is 0.0385. The van der Waals surface area contributed by atoms with Gasteiger partial charge in [-0.3, -0.25) is 4.79 Å². The lowest BCUT2D eigenvalue weighted by atomic mass is 9.86. The van der Waals surface area contributed by atoms with E-state index in [1.807, 2.05) is 0 Å². The van der Waals surface area contributed by atoms with E-state index in [4.69, 9.17) is 16.3 Å². The molecular formula is C20H20ClF2N3O3. The van der Waals surface area contributed by atoms with E-state index >= 15 is 0 Å². The van der Waals surface area contributed by atoms with Crippen molar-refractivity contribution in [2.45, 2.75) is 18.9 Å². The first-order chi connectivity index (χ1) is 13.9. The van der Waals surface area contributed by atoms with Gasteiger partial charge in [0.2, 0.25) is 5.91 Å². The monoisotopic (exact) mass is 423 g/mol. The van der Waals surface area contributed by atoms with Crippen LogP contribution in [-0.2, 0) is 11.2 Å². The summed E-state index contributed by atoms with van der Waals surface area (Å²) in [7, 11) is 1.32. The molecule has 1 heterocycles. The van der Waals surface area contributed by atoms with Crippen LogP contribution in [0.25, 0.3) is 0 Å². The average Bonchev–Trinajstić information content (AvgIpc) is 2.68. The molecule has 3 rings (SSSR count). The molecule has 2 unspecified atom stereocenters. The van der Waals surface area contributed by atoms with Crippen molar-refractivity contribution in [3.05, 3.63) is 58.6 Å². The quantitative estimate of drug-likeness (QED) is 0.688. The van der Waals surface area contributed by atoms with Crippen LogP contribution in [0.5, 0.6) is 5.75 Å². The third-order valence-electron chi connectivity index (χ3n) is 4.77. The van der Waals surface area contributed by atoms with E-state index in [0.29, 0.717) is 10.7 Å². The van der Waals surface area contributed by atoms with E-state index < -0.39 is 29.6 Å². The third kappa shape index (κ3) is 5.35. The van der Waals surface area contributed by atoms with Gasteiger partial charge in [0.25, 0.3) is 0 Å². The fraction of sp³-hybridized carbons (Fsp3) is 0.300. The van der Waals surface area contributed by atoms with Gasteiger partial charge in [0.05, 0.1) is 13.2 Å². The van der Waals surface area contributed by atoms with Crippen LogP contribution < -0.4 is 20.7 Å². The number of ether oxygens (including phenoxy) is 1. The minimum Gasteiger partial charge on any atom is -0.497 e. The fourth-order valence-corrected chi connectivity index (χ4v) is 3.38. The largest absolute Gasteiger partial charge is 0.497 e. The average molecular weight is 424 g/mol. The maximum Gasteiger partial charge on any atom is 0.319 e. The van der Waals surface area contributed by atoms with Crippen LogP contribution in [-0.4, -0.2) is 31.6 Å². The molecule has 3 amide bonds. The zero-order chi connectivity index (χ0) is 21.0. The zero-order valence-electron chi connectivity index (χ0n) is 15.6. The number of hydrogen-bond acceptors (Lipinski definition) is 3. The van der Waals surface area contributed by atoms with E-state index in [0.717, 1.165) is 12.1 Å². The molecule has 1 saturated heterocycles. The van der Waals surface area contributed by atoms with Gasteiger partial charge in [-0.25, -0.2) is 13.6 Å². The van der Waals surface area contributed by atoms with Gasteiger partial charge in [0.1, 0.15) is 17.4 Å². The summed E-state index contributed by atoms with van der Waals surface area (Å²) in [6.45, 7) is 0.164. The predicted octanol–water partition coefficient (Wildman–Crippen LogP) is 3.50. The SMILES string of the molecule is COc1cc(F)c(CC2CC(=O)NCC2NC(=O)Nc2ccc(Cl)cc2)c(F)c1. The summed E-state index contributed by atoms with van der Waals surface area (Å²) in [5.41, 5.74) is 0.394. The van der Waals surface area contributed by atoms with Crippen molar-refractivity contribution >= 4 is 29.2 Å². The molecule has 6 nitrogen and oxygen atoms in total. The summed E-state index contributed by atoms with van der Waals surface area (Å²) in [5.74, 6) is -2.14. The molecule has 2 atom stereocenters. The van der Waals surface area contributed by atoms with Gasteiger partial charge >= 0.3 is 6.03 Å². The molecule has 2 aromatic carbocycles. The van der Waals surface area contributed by atoms with Crippen LogP contribution in [0.3, 0.4) is 0 Å². The highest BCUT2D eigenvalue weighted by atomic mass is 35.5. The molecule has 0 spiro atoms. The molecule has 29 heavy (non-hydrogen) atoms. The highest BCUT2D eigenvalue weighted by molar-refractivity contribution is 6.30. The molecule has 0 radical (unpaired) electrons. The third-order valence-corrected chi connectivity index (χ3v) is 5.02. The Kier molecular flexibility index (Phi) is 6.53. The molecule has 154 valence electrons. The van der Waals surface area contributed by atoms with Crippen molar-refractivity contribution in [2.24, 2.45) is 5.92 Å². The summed E-state index contributed by atoms with van der Waals surface area (Å²) < 4.78 is 33.5. The second-order valence-electron chi connectivity index (χ2n) is 6.75. The zero-order valence-corrected chi connectivity index (χ0v) is 16.4. The van der Waals surface area contributed by atoms with Gasteiger partial charge in [0.15, 0.2) is 0 Å². The smallest absolute Gasteiger partial charge is 0.319 e. The number of urea groups is 1. The molecule has 0 aromatic heterocycles. The Labute approximate surface area is 171 Å². The van der Waals surface area contributed by atoms with Gasteiger partial charge < -0.3 is 20.7 Å². The van der Waals surface area contributed by atoms with Crippen LogP contribution in [0, 0.1) is 17.6 Å². The summed E-state index contributed by atoms with van der Waals surface area (Å²) in [6, 6.07) is 7.75. The first-order valence-electron chi connectivity index (χ1n) is 8.97. The first kappa shape index (κ1) is 20.9. The summed E-state index contributed by atoms with van der Waals surface area (Å²) in [5, 5.41) is 8.63. The number of nitrogens with one attached hydrogen (secondary N) is 3. The number of hydrogen-bond donors (Lipinski definition) is 3. The molecule has 2 aromatic rings. The maximum absolute atomic E-state index is 14.3. The Hall–Kier alpha value is -2.87. The lowest BCUT2D eigenvalue weighted by Crippen LogP contribution is -2.54. The van der Waals surface area contributed by atoms with Crippen molar-refractivity contribution < 1.29 is 23.1 Å². The van der Waals surface area contributed by atoms with E-state index in [-0.39, 0.29) is 36.6 Å². The normalized spacial score (nSPS) is 18.7. The Morgan fingerprint density at radius 3 is 2.52 bits per heavy atom. The number of amides is 3. The topological polar surface area (TPSA) is 79.5 Å². The lowest BCUT2D eigenvalue weighted by molar-refractivity contribution is -0.124. The fourth-order valence-electron chi connectivity index (χ4n) is 3.25. The molecule has 1 aliphatic rings. The van der Waals surface area contributed by atoms with Crippen molar-refractivity contribution in [1.29, 1.82) is 0 Å². The molecule has 3 N–H and O–H groups in total. The molecule has 0 bridgehead atoms. The number of carbonyl (C=O) groups is 2. The van der Waals surface area contributed by atoms with E-state index in [1.165, 1.54) is 7.11 Å². The number of rotatable bonds is 5. The first-order valence-corrected chi connectivity index (χ1v) is 9.35. The van der Waals surface area contributed by atoms with Crippen LogP contribution in [0.1, 0.15) is 12.0 Å². The molecule has 0 saturated carbocycles. The van der Waals surface area contributed by atoms with Crippen molar-refractivity contribution in [2.75, 3.05) is 19.0 Å². The van der Waals surface area contributed by atoms with Gasteiger partial charge in [0, 0.05) is 41.4 Å². The number of anilines is 1. The van der Waals surface area contributed by atoms with Gasteiger partial charge in [-0.1, -0.05) is 11.6 Å². The van der Waals surface area contributed by atoms with Crippen LogP contribution in [0.4, 0.5) is 19.3 Å². The highest BCUT2D eigenvalue weighted by Gasteiger charge is 2.32. The Balaban J connectivity index is 1.71. The summed E-state index contributed by atoms with van der Waals surface area (Å²) >= 11 is 5.82. The Morgan fingerprint density at radius 1 is 1.24 bits per heavy atom. The van der Waals surface area contributed by atoms with Crippen molar-refractivity contribution in [3.63, 3.8) is 0 Å². The molecule has 1 fully saturated rings.